The molecule has 1 aliphatic rings. The number of rotatable bonds is 9. The van der Waals surface area contributed by atoms with Crippen LogP contribution >= 0.6 is 0 Å². The van der Waals surface area contributed by atoms with Crippen LogP contribution in [0.5, 0.6) is 0 Å². The minimum atomic E-state index is 0.313. The van der Waals surface area contributed by atoms with Crippen LogP contribution in [0.25, 0.3) is 0 Å². The van der Waals surface area contributed by atoms with E-state index in [2.05, 4.69) is 34.6 Å². The van der Waals surface area contributed by atoms with Crippen molar-refractivity contribution in [3.8, 4) is 0 Å². The fourth-order valence-electron chi connectivity index (χ4n) is 2.80. The molecule has 0 aliphatic carbocycles. The molecule has 0 bridgehead atoms. The number of hydrogen-bond donors (Lipinski definition) is 0. The molecule has 1 heterocycles. The quantitative estimate of drug-likeness (QED) is 0.569. The summed E-state index contributed by atoms with van der Waals surface area (Å²) < 4.78 is 11.0. The molecule has 2 heteroatoms. The first-order chi connectivity index (χ1) is 7.91. The van der Waals surface area contributed by atoms with Gasteiger partial charge in [0.2, 0.25) is 0 Å². The number of ether oxygens (including phenoxy) is 2. The third-order valence-corrected chi connectivity index (χ3v) is 3.84. The van der Waals surface area contributed by atoms with Crippen molar-refractivity contribution in [3.63, 3.8) is 0 Å². The monoisotopic (exact) mass is 242 g/mol. The molecule has 0 N–H and O–H groups in total. The maximum absolute atomic E-state index is 5.81. The first kappa shape index (κ1) is 15.0. The Labute approximate surface area is 107 Å². The first-order valence-electron chi connectivity index (χ1n) is 7.10. The van der Waals surface area contributed by atoms with Crippen LogP contribution < -0.4 is 0 Å². The maximum Gasteiger partial charge on any atom is 0.104 e. The predicted octanol–water partition coefficient (Wildman–Crippen LogP) is 4.03. The van der Waals surface area contributed by atoms with E-state index in [-0.39, 0.29) is 0 Å². The lowest BCUT2D eigenvalue weighted by atomic mass is 9.71. The van der Waals surface area contributed by atoms with Crippen LogP contribution in [0.3, 0.4) is 0 Å². The standard InChI is InChI=1S/C15H30O2/c1-6-8-14(3,4)11-15(5,7-2)12-16-9-13-10-17-13/h13H,6-12H2,1-5H3. The maximum atomic E-state index is 5.81. The Hall–Kier alpha value is -0.0800. The van der Waals surface area contributed by atoms with Crippen molar-refractivity contribution in [3.05, 3.63) is 0 Å². The van der Waals surface area contributed by atoms with E-state index in [1.54, 1.807) is 0 Å². The molecule has 1 fully saturated rings. The summed E-state index contributed by atoms with van der Waals surface area (Å²) in [4.78, 5) is 0. The topological polar surface area (TPSA) is 21.8 Å². The van der Waals surface area contributed by atoms with Crippen LogP contribution in [-0.4, -0.2) is 25.9 Å². The molecule has 1 rings (SSSR count). The third-order valence-electron chi connectivity index (χ3n) is 3.84. The normalized spacial score (nSPS) is 23.5. The van der Waals surface area contributed by atoms with Crippen LogP contribution in [0, 0.1) is 10.8 Å². The van der Waals surface area contributed by atoms with Gasteiger partial charge in [-0.3, -0.25) is 0 Å². The van der Waals surface area contributed by atoms with Gasteiger partial charge in [-0.2, -0.15) is 0 Å². The van der Waals surface area contributed by atoms with Gasteiger partial charge >= 0.3 is 0 Å². The van der Waals surface area contributed by atoms with E-state index in [9.17, 15) is 0 Å². The van der Waals surface area contributed by atoms with Crippen molar-refractivity contribution in [1.29, 1.82) is 0 Å². The summed E-state index contributed by atoms with van der Waals surface area (Å²) in [5.74, 6) is 0. The zero-order chi connectivity index (χ0) is 12.9. The predicted molar refractivity (Wildman–Crippen MR) is 72.3 cm³/mol. The smallest absolute Gasteiger partial charge is 0.104 e. The molecular weight excluding hydrogens is 212 g/mol. The van der Waals surface area contributed by atoms with E-state index in [4.69, 9.17) is 9.47 Å². The van der Waals surface area contributed by atoms with Crippen molar-refractivity contribution in [1.82, 2.24) is 0 Å². The zero-order valence-corrected chi connectivity index (χ0v) is 12.3. The van der Waals surface area contributed by atoms with Crippen LogP contribution in [0.4, 0.5) is 0 Å². The third kappa shape index (κ3) is 5.87. The number of epoxide rings is 1. The Bertz CT molecular complexity index is 221. The molecule has 102 valence electrons. The molecule has 0 spiro atoms. The van der Waals surface area contributed by atoms with Crippen LogP contribution in [0.15, 0.2) is 0 Å². The molecule has 2 unspecified atom stereocenters. The van der Waals surface area contributed by atoms with E-state index in [1.165, 1.54) is 25.7 Å². The highest BCUT2D eigenvalue weighted by atomic mass is 16.6. The Morgan fingerprint density at radius 2 is 1.88 bits per heavy atom. The molecule has 0 aromatic carbocycles. The van der Waals surface area contributed by atoms with E-state index in [0.717, 1.165) is 19.8 Å². The fraction of sp³-hybridized carbons (Fsp3) is 1.00. The van der Waals surface area contributed by atoms with Crippen molar-refractivity contribution in [2.75, 3.05) is 19.8 Å². The largest absolute Gasteiger partial charge is 0.378 e. The lowest BCUT2D eigenvalue weighted by Gasteiger charge is -2.37. The Morgan fingerprint density at radius 1 is 1.24 bits per heavy atom. The SMILES string of the molecule is CCCC(C)(C)CC(C)(CC)COCC1CO1. The fourth-order valence-corrected chi connectivity index (χ4v) is 2.80. The summed E-state index contributed by atoms with van der Waals surface area (Å²) in [6.07, 6.45) is 5.39. The van der Waals surface area contributed by atoms with Crippen molar-refractivity contribution >= 4 is 0 Å². The highest BCUT2D eigenvalue weighted by Crippen LogP contribution is 2.39. The van der Waals surface area contributed by atoms with Crippen LogP contribution in [0.1, 0.15) is 60.3 Å². The molecule has 1 saturated heterocycles. The molecule has 0 aromatic heterocycles. The molecule has 0 amide bonds. The summed E-state index contributed by atoms with van der Waals surface area (Å²) >= 11 is 0. The lowest BCUT2D eigenvalue weighted by molar-refractivity contribution is 0.0159. The molecular formula is C15H30O2. The lowest BCUT2D eigenvalue weighted by Crippen LogP contribution is -2.30. The van der Waals surface area contributed by atoms with E-state index in [0.29, 0.717) is 16.9 Å². The van der Waals surface area contributed by atoms with Crippen molar-refractivity contribution in [2.24, 2.45) is 10.8 Å². The van der Waals surface area contributed by atoms with Gasteiger partial charge in [-0.05, 0) is 30.1 Å². The van der Waals surface area contributed by atoms with Crippen LogP contribution in [-0.2, 0) is 9.47 Å². The Balaban J connectivity index is 2.36. The molecule has 0 radical (unpaired) electrons. The molecule has 0 aromatic rings. The number of hydrogen-bond acceptors (Lipinski definition) is 2. The Kier molecular flexibility index (Phi) is 5.46. The summed E-state index contributed by atoms with van der Waals surface area (Å²) in [6, 6.07) is 0. The van der Waals surface area contributed by atoms with Crippen LogP contribution in [0.2, 0.25) is 0 Å². The second kappa shape index (κ2) is 6.19. The summed E-state index contributed by atoms with van der Waals surface area (Å²) in [6.45, 7) is 14.2. The summed E-state index contributed by atoms with van der Waals surface area (Å²) in [5.41, 5.74) is 0.743. The Morgan fingerprint density at radius 3 is 2.35 bits per heavy atom. The van der Waals surface area contributed by atoms with Crippen molar-refractivity contribution in [2.45, 2.75) is 66.4 Å². The molecule has 2 atom stereocenters. The van der Waals surface area contributed by atoms with Gasteiger partial charge in [0, 0.05) is 0 Å². The summed E-state index contributed by atoms with van der Waals surface area (Å²) in [5, 5.41) is 0. The molecule has 1 aliphatic heterocycles. The van der Waals surface area contributed by atoms with Crippen molar-refractivity contribution < 1.29 is 9.47 Å². The average molecular weight is 242 g/mol. The van der Waals surface area contributed by atoms with Gasteiger partial charge in [0.15, 0.2) is 0 Å². The van der Waals surface area contributed by atoms with Gasteiger partial charge in [0.05, 0.1) is 19.8 Å². The highest BCUT2D eigenvalue weighted by Gasteiger charge is 2.32. The van der Waals surface area contributed by atoms with Gasteiger partial charge in [-0.25, -0.2) is 0 Å². The second-order valence-electron chi connectivity index (χ2n) is 6.73. The van der Waals surface area contributed by atoms with Gasteiger partial charge in [0.25, 0.3) is 0 Å². The van der Waals surface area contributed by atoms with Gasteiger partial charge in [-0.15, -0.1) is 0 Å². The highest BCUT2D eigenvalue weighted by molar-refractivity contribution is 4.82. The van der Waals surface area contributed by atoms with Gasteiger partial charge in [-0.1, -0.05) is 41.0 Å². The van der Waals surface area contributed by atoms with Gasteiger partial charge in [0.1, 0.15) is 6.10 Å². The molecule has 0 saturated carbocycles. The zero-order valence-electron chi connectivity index (χ0n) is 12.3. The molecule has 17 heavy (non-hydrogen) atoms. The first-order valence-corrected chi connectivity index (χ1v) is 7.10. The van der Waals surface area contributed by atoms with E-state index in [1.807, 2.05) is 0 Å². The minimum absolute atomic E-state index is 0.313. The second-order valence-corrected chi connectivity index (χ2v) is 6.73. The average Bonchev–Trinajstić information content (AvgIpc) is 3.00. The van der Waals surface area contributed by atoms with E-state index >= 15 is 0 Å². The molecule has 2 nitrogen and oxygen atoms in total. The summed E-state index contributed by atoms with van der Waals surface area (Å²) in [7, 11) is 0. The van der Waals surface area contributed by atoms with E-state index < -0.39 is 0 Å². The van der Waals surface area contributed by atoms with Gasteiger partial charge < -0.3 is 9.47 Å². The minimum Gasteiger partial charge on any atom is -0.378 e.